The average Bonchev–Trinajstić information content (AvgIpc) is 3.70. The van der Waals surface area contributed by atoms with Crippen LogP contribution in [0.2, 0.25) is 0 Å². The average molecular weight is 634 g/mol. The predicted molar refractivity (Wildman–Crippen MR) is 164 cm³/mol. The van der Waals surface area contributed by atoms with Crippen molar-refractivity contribution in [2.75, 3.05) is 25.0 Å². The maximum atomic E-state index is 13.8. The number of nitrogens with one attached hydrogen (secondary N) is 2. The second-order valence-corrected chi connectivity index (χ2v) is 10.6. The number of piperidine rings is 1. The van der Waals surface area contributed by atoms with Gasteiger partial charge in [0.15, 0.2) is 17.3 Å². The van der Waals surface area contributed by atoms with Crippen molar-refractivity contribution in [3.63, 3.8) is 0 Å². The number of pyridine rings is 1. The Morgan fingerprint density at radius 3 is 2.76 bits per heavy atom. The van der Waals surface area contributed by atoms with Crippen LogP contribution in [0.1, 0.15) is 41.0 Å². The summed E-state index contributed by atoms with van der Waals surface area (Å²) in [5.74, 6) is -0.477. The number of fused-ring (bicyclic) bond motifs is 1. The third-order valence-corrected chi connectivity index (χ3v) is 7.56. The van der Waals surface area contributed by atoms with Gasteiger partial charge < -0.3 is 10.6 Å². The summed E-state index contributed by atoms with van der Waals surface area (Å²) in [4.78, 5) is 27.7. The van der Waals surface area contributed by atoms with Gasteiger partial charge in [0, 0.05) is 37.2 Å². The van der Waals surface area contributed by atoms with Crippen molar-refractivity contribution in [1.29, 1.82) is 0 Å². The van der Waals surface area contributed by atoms with Gasteiger partial charge in [0.2, 0.25) is 0 Å². The van der Waals surface area contributed by atoms with Crippen molar-refractivity contribution in [1.82, 2.24) is 43.7 Å². The van der Waals surface area contributed by atoms with Gasteiger partial charge in [0.05, 0.1) is 47.8 Å². The summed E-state index contributed by atoms with van der Waals surface area (Å²) in [5, 5.41) is 11.5. The summed E-state index contributed by atoms with van der Waals surface area (Å²) in [6.45, 7) is 5.80. The van der Waals surface area contributed by atoms with E-state index in [2.05, 4.69) is 41.0 Å². The monoisotopic (exact) mass is 632 g/mol. The number of nitrogens with zero attached hydrogens (tertiary/aromatic N) is 8. The standard InChI is InChI=1S/C27H29FN10OS.2ClH/c1-18-15-38-23(19-12-32-37(16-19)10-7-30-27(39)21-5-6-29-13-22(21)28)14-31-26(38)25(33-18)34-24-11-20(35-40-24)17-36-8-3-2-4-9-36;;/h5-6,11-16H,2-4,7-10,17H2,1H3,(H,30,39)(H,33,34);2*1H. The minimum atomic E-state index is -0.652. The Labute approximate surface area is 258 Å². The second-order valence-electron chi connectivity index (χ2n) is 9.82. The molecule has 0 aliphatic carbocycles. The van der Waals surface area contributed by atoms with Crippen LogP contribution in [-0.2, 0) is 13.1 Å². The molecule has 11 nitrogen and oxygen atoms in total. The van der Waals surface area contributed by atoms with Gasteiger partial charge >= 0.3 is 0 Å². The molecule has 5 aromatic heterocycles. The van der Waals surface area contributed by atoms with Crippen LogP contribution in [0.25, 0.3) is 16.9 Å². The Bertz CT molecular complexity index is 1650. The SMILES string of the molecule is Cc1cn2c(-c3cnn(CCNC(=O)c4ccncc4F)c3)cnc2c(Nc2cc(CN3CCCCC3)ns2)n1.Cl.Cl. The normalized spacial score (nSPS) is 13.4. The molecule has 0 unspecified atom stereocenters. The van der Waals surface area contributed by atoms with E-state index in [1.807, 2.05) is 23.7 Å². The van der Waals surface area contributed by atoms with E-state index in [1.165, 1.54) is 43.1 Å². The zero-order chi connectivity index (χ0) is 27.5. The summed E-state index contributed by atoms with van der Waals surface area (Å²) in [6.07, 6.45) is 13.6. The highest BCUT2D eigenvalue weighted by Gasteiger charge is 2.16. The van der Waals surface area contributed by atoms with Crippen LogP contribution in [0.3, 0.4) is 0 Å². The van der Waals surface area contributed by atoms with Crippen LogP contribution in [0.4, 0.5) is 15.2 Å². The number of amides is 1. The quantitative estimate of drug-likeness (QED) is 0.236. The lowest BCUT2D eigenvalue weighted by atomic mass is 10.1. The van der Waals surface area contributed by atoms with Crippen LogP contribution in [-0.4, -0.2) is 63.9 Å². The Hall–Kier alpha value is -3.65. The Morgan fingerprint density at radius 2 is 1.95 bits per heavy atom. The van der Waals surface area contributed by atoms with E-state index in [1.54, 1.807) is 17.1 Å². The zero-order valence-corrected chi connectivity index (χ0v) is 25.3. The highest BCUT2D eigenvalue weighted by molar-refractivity contribution is 7.10. The molecule has 1 aliphatic rings. The molecular weight excluding hydrogens is 602 g/mol. The maximum Gasteiger partial charge on any atom is 0.254 e. The summed E-state index contributed by atoms with van der Waals surface area (Å²) >= 11 is 1.43. The minimum Gasteiger partial charge on any atom is -0.350 e. The first kappa shape index (κ1) is 31.3. The number of rotatable bonds is 9. The number of hydrogen-bond donors (Lipinski definition) is 2. The molecule has 5 aromatic rings. The van der Waals surface area contributed by atoms with E-state index in [9.17, 15) is 9.18 Å². The number of anilines is 2. The van der Waals surface area contributed by atoms with Gasteiger partial charge in [-0.2, -0.15) is 9.47 Å². The molecule has 0 radical (unpaired) electrons. The first-order valence-electron chi connectivity index (χ1n) is 13.2. The Morgan fingerprint density at radius 1 is 1.12 bits per heavy atom. The molecule has 0 spiro atoms. The lowest BCUT2D eigenvalue weighted by Crippen LogP contribution is -2.29. The molecule has 42 heavy (non-hydrogen) atoms. The fourth-order valence-corrected chi connectivity index (χ4v) is 5.53. The molecular formula is C27H31Cl2FN10OS. The van der Waals surface area contributed by atoms with Crippen LogP contribution >= 0.6 is 36.3 Å². The molecule has 6 heterocycles. The van der Waals surface area contributed by atoms with Crippen molar-refractivity contribution in [3.05, 3.63) is 72.1 Å². The largest absolute Gasteiger partial charge is 0.350 e. The molecule has 0 aromatic carbocycles. The number of aryl methyl sites for hydroxylation is 1. The fraction of sp³-hybridized carbons (Fsp3) is 0.333. The minimum absolute atomic E-state index is 0. The molecule has 222 valence electrons. The molecule has 2 N–H and O–H groups in total. The fourth-order valence-electron chi connectivity index (χ4n) is 4.87. The van der Waals surface area contributed by atoms with Gasteiger partial charge in [-0.1, -0.05) is 6.42 Å². The smallest absolute Gasteiger partial charge is 0.254 e. The van der Waals surface area contributed by atoms with Crippen molar-refractivity contribution < 1.29 is 9.18 Å². The summed E-state index contributed by atoms with van der Waals surface area (Å²) in [6, 6.07) is 3.44. The van der Waals surface area contributed by atoms with Crippen molar-refractivity contribution in [2.45, 2.75) is 39.3 Å². The van der Waals surface area contributed by atoms with Gasteiger partial charge in [-0.05, 0) is 56.5 Å². The molecule has 1 amide bonds. The van der Waals surface area contributed by atoms with Crippen LogP contribution in [0, 0.1) is 12.7 Å². The van der Waals surface area contributed by atoms with E-state index in [4.69, 9.17) is 4.98 Å². The van der Waals surface area contributed by atoms with E-state index in [0.717, 1.165) is 53.5 Å². The topological polar surface area (TPSA) is 118 Å². The van der Waals surface area contributed by atoms with Crippen molar-refractivity contribution in [2.24, 2.45) is 0 Å². The predicted octanol–water partition coefficient (Wildman–Crippen LogP) is 4.89. The number of likely N-dealkylation sites (tertiary alicyclic amines) is 1. The number of carbonyl (C=O) groups is 1. The first-order chi connectivity index (χ1) is 19.5. The van der Waals surface area contributed by atoms with Gasteiger partial charge in [-0.25, -0.2) is 14.4 Å². The maximum absolute atomic E-state index is 13.8. The van der Waals surface area contributed by atoms with E-state index in [-0.39, 0.29) is 30.4 Å². The number of imidazole rings is 1. The number of carbonyl (C=O) groups excluding carboxylic acids is 1. The highest BCUT2D eigenvalue weighted by atomic mass is 35.5. The van der Waals surface area contributed by atoms with Crippen LogP contribution < -0.4 is 10.6 Å². The van der Waals surface area contributed by atoms with Gasteiger partial charge in [0.25, 0.3) is 5.91 Å². The van der Waals surface area contributed by atoms with Gasteiger partial charge in [-0.3, -0.25) is 23.8 Å². The third-order valence-electron chi connectivity index (χ3n) is 6.82. The highest BCUT2D eigenvalue weighted by Crippen LogP contribution is 2.28. The van der Waals surface area contributed by atoms with E-state index >= 15 is 0 Å². The molecule has 0 bridgehead atoms. The molecule has 1 fully saturated rings. The van der Waals surface area contributed by atoms with Crippen LogP contribution in [0.15, 0.2) is 49.3 Å². The number of aromatic nitrogens is 7. The molecule has 0 atom stereocenters. The second kappa shape index (κ2) is 14.0. The molecule has 1 aliphatic heterocycles. The van der Waals surface area contributed by atoms with E-state index < -0.39 is 11.7 Å². The molecule has 15 heteroatoms. The van der Waals surface area contributed by atoms with Crippen LogP contribution in [0.5, 0.6) is 0 Å². The van der Waals surface area contributed by atoms with Gasteiger partial charge in [0.1, 0.15) is 5.00 Å². The lowest BCUT2D eigenvalue weighted by Gasteiger charge is -2.25. The lowest BCUT2D eigenvalue weighted by molar-refractivity contribution is 0.0947. The third kappa shape index (κ3) is 7.04. The Balaban J connectivity index is 0.00000202. The summed E-state index contributed by atoms with van der Waals surface area (Å²) in [5.41, 5.74) is 4.31. The summed E-state index contributed by atoms with van der Waals surface area (Å²) in [7, 11) is 0. The zero-order valence-electron chi connectivity index (χ0n) is 22.9. The van der Waals surface area contributed by atoms with E-state index in [0.29, 0.717) is 24.6 Å². The first-order valence-corrected chi connectivity index (χ1v) is 14.0. The van der Waals surface area contributed by atoms with Crippen molar-refractivity contribution >= 4 is 58.7 Å². The number of hydrogen-bond acceptors (Lipinski definition) is 9. The Kier molecular flexibility index (Phi) is 10.4. The van der Waals surface area contributed by atoms with Gasteiger partial charge in [-0.15, -0.1) is 24.8 Å². The van der Waals surface area contributed by atoms with Crippen molar-refractivity contribution in [3.8, 4) is 11.3 Å². The number of halogens is 3. The summed E-state index contributed by atoms with van der Waals surface area (Å²) < 4.78 is 22.2. The molecule has 0 saturated carbocycles. The molecule has 1 saturated heterocycles. The molecule has 6 rings (SSSR count).